The number of fused-ring (bicyclic) bond motifs is 1. The van der Waals surface area contributed by atoms with Crippen LogP contribution in [0.3, 0.4) is 0 Å². The number of hydrogen-bond donors (Lipinski definition) is 2. The molecule has 1 unspecified atom stereocenters. The van der Waals surface area contributed by atoms with Gasteiger partial charge in [-0.25, -0.2) is 4.39 Å². The number of halogens is 1. The lowest BCUT2D eigenvalue weighted by Gasteiger charge is -2.23. The second-order valence-electron chi connectivity index (χ2n) is 6.95. The van der Waals surface area contributed by atoms with Gasteiger partial charge in [0.05, 0.1) is 22.9 Å². The monoisotopic (exact) mass is 376 g/mol. The summed E-state index contributed by atoms with van der Waals surface area (Å²) in [6, 6.07) is 16.4. The number of carbonyl (C=O) groups is 1. The van der Waals surface area contributed by atoms with Crippen molar-refractivity contribution >= 4 is 16.8 Å². The van der Waals surface area contributed by atoms with E-state index in [2.05, 4.69) is 15.2 Å². The summed E-state index contributed by atoms with van der Waals surface area (Å²) in [6.07, 6.45) is 0. The molecule has 28 heavy (non-hydrogen) atoms. The Morgan fingerprint density at radius 1 is 1.14 bits per heavy atom. The lowest BCUT2D eigenvalue weighted by Crippen LogP contribution is -2.30. The van der Waals surface area contributed by atoms with Crippen LogP contribution >= 0.6 is 0 Å². The molecule has 2 heterocycles. The molecule has 6 heteroatoms. The molecule has 2 N–H and O–H groups in total. The van der Waals surface area contributed by atoms with Crippen molar-refractivity contribution in [2.24, 2.45) is 0 Å². The zero-order chi connectivity index (χ0) is 19.8. The quantitative estimate of drug-likeness (QED) is 0.535. The first-order valence-corrected chi connectivity index (χ1v) is 9.12. The summed E-state index contributed by atoms with van der Waals surface area (Å²) in [4.78, 5) is 17.7. The van der Waals surface area contributed by atoms with Gasteiger partial charge in [-0.2, -0.15) is 5.10 Å². The molecule has 5 nitrogen and oxygen atoms in total. The maximum atomic E-state index is 14.1. The highest BCUT2D eigenvalue weighted by atomic mass is 19.1. The Morgan fingerprint density at radius 3 is 2.61 bits per heavy atom. The number of para-hydroxylation sites is 1. The third kappa shape index (κ3) is 2.97. The number of nitrogens with zero attached hydrogens (tertiary/aromatic N) is 2. The summed E-state index contributed by atoms with van der Waals surface area (Å²) in [5.74, 6) is -0.562. The van der Waals surface area contributed by atoms with Gasteiger partial charge in [0.15, 0.2) is 0 Å². The van der Waals surface area contributed by atoms with Crippen LogP contribution in [0.5, 0.6) is 0 Å². The van der Waals surface area contributed by atoms with Gasteiger partial charge in [0.1, 0.15) is 11.5 Å². The molecule has 142 valence electrons. The molecular formula is C22H21FN4O. The predicted octanol–water partition coefficient (Wildman–Crippen LogP) is 4.84. The second kappa shape index (κ2) is 6.96. The van der Waals surface area contributed by atoms with Gasteiger partial charge in [-0.3, -0.25) is 9.89 Å². The summed E-state index contributed by atoms with van der Waals surface area (Å²) >= 11 is 0. The van der Waals surface area contributed by atoms with Crippen molar-refractivity contribution in [1.29, 1.82) is 0 Å². The molecular weight excluding hydrogens is 355 g/mol. The zero-order valence-corrected chi connectivity index (χ0v) is 16.0. The summed E-state index contributed by atoms with van der Waals surface area (Å²) in [5, 5.41) is 8.11. The zero-order valence-electron chi connectivity index (χ0n) is 16.0. The van der Waals surface area contributed by atoms with Crippen molar-refractivity contribution in [3.63, 3.8) is 0 Å². The predicted molar refractivity (Wildman–Crippen MR) is 108 cm³/mol. The number of rotatable bonds is 4. The van der Waals surface area contributed by atoms with Crippen LogP contribution < -0.4 is 0 Å². The fourth-order valence-corrected chi connectivity index (χ4v) is 3.40. The summed E-state index contributed by atoms with van der Waals surface area (Å²) in [7, 11) is 1.73. The van der Waals surface area contributed by atoms with E-state index < -0.39 is 0 Å². The fraction of sp³-hybridized carbons (Fsp3) is 0.182. The van der Waals surface area contributed by atoms with Gasteiger partial charge < -0.3 is 9.88 Å². The van der Waals surface area contributed by atoms with Gasteiger partial charge in [0, 0.05) is 18.0 Å². The average molecular weight is 376 g/mol. The lowest BCUT2D eigenvalue weighted by atomic mass is 10.1. The molecule has 2 aromatic heterocycles. The Kier molecular flexibility index (Phi) is 4.47. The topological polar surface area (TPSA) is 64.8 Å². The number of aromatic nitrogens is 3. The smallest absolute Gasteiger partial charge is 0.270 e. The molecule has 0 aliphatic carbocycles. The molecule has 2 aromatic carbocycles. The van der Waals surface area contributed by atoms with Crippen LogP contribution in [0.25, 0.3) is 22.2 Å². The Morgan fingerprint density at radius 2 is 1.89 bits per heavy atom. The van der Waals surface area contributed by atoms with Crippen molar-refractivity contribution < 1.29 is 9.18 Å². The normalized spacial score (nSPS) is 12.3. The third-order valence-electron chi connectivity index (χ3n) is 5.28. The van der Waals surface area contributed by atoms with Crippen molar-refractivity contribution in [1.82, 2.24) is 20.1 Å². The highest BCUT2D eigenvalue weighted by molar-refractivity contribution is 6.01. The van der Waals surface area contributed by atoms with E-state index in [0.29, 0.717) is 11.2 Å². The van der Waals surface area contributed by atoms with E-state index in [9.17, 15) is 9.18 Å². The minimum atomic E-state index is -0.364. The second-order valence-corrected chi connectivity index (χ2v) is 6.95. The fourth-order valence-electron chi connectivity index (χ4n) is 3.40. The van der Waals surface area contributed by atoms with E-state index in [4.69, 9.17) is 0 Å². The lowest BCUT2D eigenvalue weighted by molar-refractivity contribution is 0.0734. The van der Waals surface area contributed by atoms with E-state index in [1.807, 2.05) is 56.3 Å². The summed E-state index contributed by atoms with van der Waals surface area (Å²) in [6.45, 7) is 3.76. The van der Waals surface area contributed by atoms with E-state index in [-0.39, 0.29) is 17.8 Å². The molecule has 0 radical (unpaired) electrons. The number of H-pyrrole nitrogens is 2. The number of aromatic amines is 2. The molecule has 0 spiro atoms. The maximum Gasteiger partial charge on any atom is 0.270 e. The van der Waals surface area contributed by atoms with Gasteiger partial charge >= 0.3 is 0 Å². The summed E-state index contributed by atoms with van der Waals surface area (Å²) < 4.78 is 14.1. The minimum absolute atomic E-state index is 0.198. The van der Waals surface area contributed by atoms with Crippen LogP contribution in [0.4, 0.5) is 4.39 Å². The first-order chi connectivity index (χ1) is 13.5. The molecule has 0 saturated heterocycles. The highest BCUT2D eigenvalue weighted by Gasteiger charge is 2.24. The average Bonchev–Trinajstić information content (AvgIpc) is 3.33. The molecule has 0 bridgehead atoms. The van der Waals surface area contributed by atoms with Crippen LogP contribution in [0.15, 0.2) is 54.6 Å². The molecule has 0 fully saturated rings. The molecule has 0 saturated carbocycles. The first kappa shape index (κ1) is 18.0. The van der Waals surface area contributed by atoms with Crippen LogP contribution in [0.1, 0.15) is 34.7 Å². The van der Waals surface area contributed by atoms with E-state index in [0.717, 1.165) is 27.9 Å². The standard InChI is InChI=1S/C22H21FN4O/c1-13-16-10-7-11-17(23)21(16)24-20(13)22(28)27(3)14(2)18-12-19(26-25-18)15-8-5-4-6-9-15/h4-12,14,24H,1-3H3,(H,25,26). The summed E-state index contributed by atoms with van der Waals surface area (Å²) in [5.41, 5.74) is 4.16. The Bertz CT molecular complexity index is 1150. The maximum absolute atomic E-state index is 14.1. The van der Waals surface area contributed by atoms with Crippen LogP contribution in [-0.2, 0) is 0 Å². The van der Waals surface area contributed by atoms with Gasteiger partial charge in [-0.15, -0.1) is 0 Å². The van der Waals surface area contributed by atoms with Gasteiger partial charge in [-0.05, 0) is 31.5 Å². The molecule has 0 aliphatic heterocycles. The number of hydrogen-bond acceptors (Lipinski definition) is 2. The SMILES string of the molecule is Cc1c(C(=O)N(C)C(C)c2cc(-c3ccccc3)n[nH]2)[nH]c2c(F)cccc12. The molecule has 4 aromatic rings. The Balaban J connectivity index is 1.62. The Hall–Kier alpha value is -3.41. The molecule has 1 amide bonds. The van der Waals surface area contributed by atoms with Gasteiger partial charge in [-0.1, -0.05) is 42.5 Å². The number of nitrogens with one attached hydrogen (secondary N) is 2. The van der Waals surface area contributed by atoms with Gasteiger partial charge in [0.25, 0.3) is 5.91 Å². The van der Waals surface area contributed by atoms with Crippen LogP contribution in [-0.4, -0.2) is 33.0 Å². The number of carbonyl (C=O) groups excluding carboxylic acids is 1. The molecule has 4 rings (SSSR count). The number of benzene rings is 2. The van der Waals surface area contributed by atoms with E-state index in [1.165, 1.54) is 6.07 Å². The minimum Gasteiger partial charge on any atom is -0.348 e. The number of amides is 1. The van der Waals surface area contributed by atoms with E-state index in [1.54, 1.807) is 18.0 Å². The Labute approximate surface area is 162 Å². The van der Waals surface area contributed by atoms with Crippen molar-refractivity contribution in [2.45, 2.75) is 19.9 Å². The highest BCUT2D eigenvalue weighted by Crippen LogP contribution is 2.28. The first-order valence-electron chi connectivity index (χ1n) is 9.12. The largest absolute Gasteiger partial charge is 0.348 e. The number of aryl methyl sites for hydroxylation is 1. The van der Waals surface area contributed by atoms with Crippen LogP contribution in [0.2, 0.25) is 0 Å². The van der Waals surface area contributed by atoms with E-state index >= 15 is 0 Å². The van der Waals surface area contributed by atoms with Gasteiger partial charge in [0.2, 0.25) is 0 Å². The van der Waals surface area contributed by atoms with Crippen molar-refractivity contribution in [3.05, 3.63) is 77.4 Å². The van der Waals surface area contributed by atoms with Crippen molar-refractivity contribution in [2.75, 3.05) is 7.05 Å². The molecule has 1 atom stereocenters. The molecule has 0 aliphatic rings. The van der Waals surface area contributed by atoms with Crippen molar-refractivity contribution in [3.8, 4) is 11.3 Å². The third-order valence-corrected chi connectivity index (χ3v) is 5.28. The van der Waals surface area contributed by atoms with Crippen LogP contribution in [0, 0.1) is 12.7 Å².